The lowest BCUT2D eigenvalue weighted by molar-refractivity contribution is 0.0713. The van der Waals surface area contributed by atoms with Gasteiger partial charge in [0.25, 0.3) is 5.91 Å². The van der Waals surface area contributed by atoms with Gasteiger partial charge in [0.05, 0.1) is 12.2 Å². The largest absolute Gasteiger partial charge is 0.490 e. The first-order chi connectivity index (χ1) is 13.7. The van der Waals surface area contributed by atoms with E-state index < -0.39 is 0 Å². The molecule has 1 fully saturated rings. The quantitative estimate of drug-likeness (QED) is 0.745. The van der Waals surface area contributed by atoms with Crippen molar-refractivity contribution in [2.75, 3.05) is 38.2 Å². The van der Waals surface area contributed by atoms with Gasteiger partial charge in [-0.05, 0) is 54.7 Å². The van der Waals surface area contributed by atoms with E-state index in [-0.39, 0.29) is 5.91 Å². The maximum absolute atomic E-state index is 13.0. The molecule has 6 nitrogen and oxygen atoms in total. The van der Waals surface area contributed by atoms with E-state index in [0.717, 1.165) is 49.6 Å². The van der Waals surface area contributed by atoms with Crippen LogP contribution in [0.4, 0.5) is 5.69 Å². The summed E-state index contributed by atoms with van der Waals surface area (Å²) in [5, 5.41) is 1.20. The molecule has 1 saturated heterocycles. The number of piperidine rings is 1. The summed E-state index contributed by atoms with van der Waals surface area (Å²) in [6.07, 6.45) is 5.76. The molecule has 0 radical (unpaired) electrons. The molecule has 0 spiro atoms. The Morgan fingerprint density at radius 1 is 1.18 bits per heavy atom. The van der Waals surface area contributed by atoms with Gasteiger partial charge in [0, 0.05) is 43.5 Å². The van der Waals surface area contributed by atoms with Gasteiger partial charge < -0.3 is 19.5 Å². The molecule has 1 N–H and O–H groups in total. The molecule has 0 atom stereocenters. The zero-order chi connectivity index (χ0) is 19.1. The number of amides is 1. The summed E-state index contributed by atoms with van der Waals surface area (Å²) in [7, 11) is 2.05. The highest BCUT2D eigenvalue weighted by Gasteiger charge is 2.27. The van der Waals surface area contributed by atoms with Crippen LogP contribution in [0, 0.1) is 0 Å². The van der Waals surface area contributed by atoms with Crippen LogP contribution < -0.4 is 9.64 Å². The minimum atomic E-state index is 0.0968. The standard InChI is InChI=1S/C22H24N4O2/c1-25-12-13-28-20-14-16(2-3-19(20)25)22(27)26-10-6-15(7-11-26)17-4-8-23-21-18(17)5-9-24-21/h2-5,8-9,14-15H,6-7,10-13H2,1H3,(H,23,24). The molecule has 5 rings (SSSR count). The minimum Gasteiger partial charge on any atom is -0.490 e. The minimum absolute atomic E-state index is 0.0968. The van der Waals surface area contributed by atoms with Gasteiger partial charge in [-0.25, -0.2) is 4.98 Å². The number of benzene rings is 1. The number of fused-ring (bicyclic) bond motifs is 2. The first-order valence-electron chi connectivity index (χ1n) is 9.90. The molecule has 3 aromatic rings. The Balaban J connectivity index is 1.30. The number of carbonyl (C=O) groups excluding carboxylic acids is 1. The highest BCUT2D eigenvalue weighted by atomic mass is 16.5. The number of ether oxygens (including phenoxy) is 1. The van der Waals surface area contributed by atoms with E-state index in [2.05, 4.69) is 27.0 Å². The number of aromatic nitrogens is 2. The topological polar surface area (TPSA) is 61.5 Å². The van der Waals surface area contributed by atoms with Crippen molar-refractivity contribution in [3.8, 4) is 5.75 Å². The molecule has 0 unspecified atom stereocenters. The first-order valence-corrected chi connectivity index (χ1v) is 9.90. The average Bonchev–Trinajstić information content (AvgIpc) is 3.22. The third kappa shape index (κ3) is 2.89. The fourth-order valence-electron chi connectivity index (χ4n) is 4.41. The third-order valence-corrected chi connectivity index (χ3v) is 6.02. The number of hydrogen-bond donors (Lipinski definition) is 1. The van der Waals surface area contributed by atoms with Gasteiger partial charge in [0.1, 0.15) is 18.0 Å². The van der Waals surface area contributed by atoms with Crippen molar-refractivity contribution < 1.29 is 9.53 Å². The molecule has 144 valence electrons. The highest BCUT2D eigenvalue weighted by Crippen LogP contribution is 2.34. The van der Waals surface area contributed by atoms with Crippen LogP contribution in [-0.4, -0.2) is 54.1 Å². The second-order valence-corrected chi connectivity index (χ2v) is 7.66. The van der Waals surface area contributed by atoms with Crippen LogP contribution in [0.2, 0.25) is 0 Å². The molecule has 2 aliphatic rings. The predicted molar refractivity (Wildman–Crippen MR) is 109 cm³/mol. The summed E-state index contributed by atoms with van der Waals surface area (Å²) in [6, 6.07) is 10.0. The van der Waals surface area contributed by atoms with Gasteiger partial charge in [-0.3, -0.25) is 4.79 Å². The zero-order valence-corrected chi connectivity index (χ0v) is 16.0. The lowest BCUT2D eigenvalue weighted by Gasteiger charge is -2.33. The molecular weight excluding hydrogens is 352 g/mol. The van der Waals surface area contributed by atoms with Crippen LogP contribution in [0.5, 0.6) is 5.75 Å². The summed E-state index contributed by atoms with van der Waals surface area (Å²) in [5.41, 5.74) is 4.04. The molecule has 0 aliphatic carbocycles. The molecule has 0 saturated carbocycles. The van der Waals surface area contributed by atoms with Gasteiger partial charge in [-0.15, -0.1) is 0 Å². The van der Waals surface area contributed by atoms with Gasteiger partial charge in [0.15, 0.2) is 0 Å². The summed E-state index contributed by atoms with van der Waals surface area (Å²) >= 11 is 0. The molecule has 0 bridgehead atoms. The van der Waals surface area contributed by atoms with Gasteiger partial charge in [0.2, 0.25) is 0 Å². The molecule has 2 aliphatic heterocycles. The van der Waals surface area contributed by atoms with E-state index in [1.54, 1.807) is 0 Å². The number of rotatable bonds is 2. The molecule has 2 aromatic heterocycles. The second kappa shape index (κ2) is 6.86. The number of hydrogen-bond acceptors (Lipinski definition) is 4. The van der Waals surface area contributed by atoms with E-state index in [1.165, 1.54) is 10.9 Å². The van der Waals surface area contributed by atoms with Crippen molar-refractivity contribution in [2.24, 2.45) is 0 Å². The van der Waals surface area contributed by atoms with Crippen LogP contribution >= 0.6 is 0 Å². The number of nitrogens with one attached hydrogen (secondary N) is 1. The second-order valence-electron chi connectivity index (χ2n) is 7.66. The summed E-state index contributed by atoms with van der Waals surface area (Å²) in [4.78, 5) is 24.7. The monoisotopic (exact) mass is 376 g/mol. The Kier molecular flexibility index (Phi) is 4.19. The first kappa shape index (κ1) is 17.1. The number of carbonyl (C=O) groups is 1. The number of likely N-dealkylation sites (N-methyl/N-ethyl adjacent to an activating group) is 1. The summed E-state index contributed by atoms with van der Waals surface area (Å²) < 4.78 is 5.76. The normalized spacial score (nSPS) is 17.5. The Hall–Kier alpha value is -3.02. The van der Waals surface area contributed by atoms with Crippen molar-refractivity contribution in [1.82, 2.24) is 14.9 Å². The molecule has 6 heteroatoms. The van der Waals surface area contributed by atoms with Crippen LogP contribution in [0.1, 0.15) is 34.7 Å². The number of H-pyrrole nitrogens is 1. The van der Waals surface area contributed by atoms with Crippen molar-refractivity contribution in [2.45, 2.75) is 18.8 Å². The lowest BCUT2D eigenvalue weighted by atomic mass is 9.88. The third-order valence-electron chi connectivity index (χ3n) is 6.02. The maximum Gasteiger partial charge on any atom is 0.253 e. The molecule has 1 amide bonds. The van der Waals surface area contributed by atoms with Gasteiger partial charge >= 0.3 is 0 Å². The lowest BCUT2D eigenvalue weighted by Crippen LogP contribution is -2.38. The maximum atomic E-state index is 13.0. The smallest absolute Gasteiger partial charge is 0.253 e. The number of nitrogens with zero attached hydrogens (tertiary/aromatic N) is 3. The van der Waals surface area contributed by atoms with E-state index in [4.69, 9.17) is 4.74 Å². The van der Waals surface area contributed by atoms with E-state index in [0.29, 0.717) is 18.1 Å². The average molecular weight is 376 g/mol. The van der Waals surface area contributed by atoms with Gasteiger partial charge in [-0.1, -0.05) is 0 Å². The number of pyridine rings is 1. The molecular formula is C22H24N4O2. The molecule has 28 heavy (non-hydrogen) atoms. The van der Waals surface area contributed by atoms with Crippen LogP contribution in [0.3, 0.4) is 0 Å². The van der Waals surface area contributed by atoms with Crippen molar-refractivity contribution >= 4 is 22.6 Å². The molecule has 4 heterocycles. The zero-order valence-electron chi connectivity index (χ0n) is 16.0. The summed E-state index contributed by atoms with van der Waals surface area (Å²) in [6.45, 7) is 3.08. The predicted octanol–water partition coefficient (Wildman–Crippen LogP) is 3.41. The Labute approximate surface area is 164 Å². The van der Waals surface area contributed by atoms with Crippen LogP contribution in [0.15, 0.2) is 42.7 Å². The molecule has 1 aromatic carbocycles. The number of likely N-dealkylation sites (tertiary alicyclic amines) is 1. The Morgan fingerprint density at radius 2 is 2.04 bits per heavy atom. The fraction of sp³-hybridized carbons (Fsp3) is 0.364. The van der Waals surface area contributed by atoms with Crippen molar-refractivity contribution in [3.63, 3.8) is 0 Å². The van der Waals surface area contributed by atoms with Gasteiger partial charge in [-0.2, -0.15) is 0 Å². The Morgan fingerprint density at radius 3 is 2.89 bits per heavy atom. The fourth-order valence-corrected chi connectivity index (χ4v) is 4.41. The summed E-state index contributed by atoms with van der Waals surface area (Å²) in [5.74, 6) is 1.37. The van der Waals surface area contributed by atoms with E-state index >= 15 is 0 Å². The SMILES string of the molecule is CN1CCOc2cc(C(=O)N3CCC(c4ccnc5[nH]ccc45)CC3)ccc21. The van der Waals surface area contributed by atoms with E-state index in [1.807, 2.05) is 42.5 Å². The van der Waals surface area contributed by atoms with Crippen LogP contribution in [0.25, 0.3) is 11.0 Å². The number of aromatic amines is 1. The number of anilines is 1. The van der Waals surface area contributed by atoms with Crippen LogP contribution in [-0.2, 0) is 0 Å². The van der Waals surface area contributed by atoms with E-state index in [9.17, 15) is 4.79 Å². The Bertz CT molecular complexity index is 1020. The highest BCUT2D eigenvalue weighted by molar-refractivity contribution is 5.95. The van der Waals surface area contributed by atoms with Crippen molar-refractivity contribution in [3.05, 3.63) is 53.9 Å². The van der Waals surface area contributed by atoms with Crippen molar-refractivity contribution in [1.29, 1.82) is 0 Å².